The van der Waals surface area contributed by atoms with Crippen molar-refractivity contribution in [1.82, 2.24) is 0 Å². The first-order valence-corrected chi connectivity index (χ1v) is 5.51. The Morgan fingerprint density at radius 3 is 2.29 bits per heavy atom. The lowest BCUT2D eigenvalue weighted by molar-refractivity contribution is -0.138. The molecule has 1 aromatic carbocycles. The lowest BCUT2D eigenvalue weighted by Gasteiger charge is -2.39. The van der Waals surface area contributed by atoms with Gasteiger partial charge in [-0.25, -0.2) is 0 Å². The van der Waals surface area contributed by atoms with E-state index in [0.29, 0.717) is 18.9 Å². The standard InChI is InChI=1S/C11H11ClF3NO/c12-6-4-7(10(16)2-1-3-10)9(17)8(5-6)11(13,14)15/h4-5,17H,1-3,16H2. The van der Waals surface area contributed by atoms with Gasteiger partial charge >= 0.3 is 6.18 Å². The molecule has 1 aliphatic rings. The van der Waals surface area contributed by atoms with E-state index in [1.807, 2.05) is 0 Å². The van der Waals surface area contributed by atoms with Crippen molar-refractivity contribution < 1.29 is 18.3 Å². The average molecular weight is 266 g/mol. The lowest BCUT2D eigenvalue weighted by Crippen LogP contribution is -2.43. The molecule has 1 aliphatic carbocycles. The highest BCUT2D eigenvalue weighted by Crippen LogP contribution is 2.47. The molecule has 0 aliphatic heterocycles. The van der Waals surface area contributed by atoms with Gasteiger partial charge in [0.05, 0.1) is 5.56 Å². The number of aromatic hydroxyl groups is 1. The van der Waals surface area contributed by atoms with Crippen LogP contribution in [0.5, 0.6) is 5.75 Å². The van der Waals surface area contributed by atoms with Gasteiger partial charge < -0.3 is 10.8 Å². The number of rotatable bonds is 1. The quantitative estimate of drug-likeness (QED) is 0.817. The predicted octanol–water partition coefficient (Wildman–Crippen LogP) is 3.40. The van der Waals surface area contributed by atoms with Crippen molar-refractivity contribution in [3.8, 4) is 5.75 Å². The number of phenolic OH excluding ortho intramolecular Hbond substituents is 1. The normalized spacial score (nSPS) is 18.9. The van der Waals surface area contributed by atoms with Crippen molar-refractivity contribution in [2.45, 2.75) is 31.0 Å². The van der Waals surface area contributed by atoms with Crippen LogP contribution in [-0.4, -0.2) is 5.11 Å². The number of halogens is 4. The highest BCUT2D eigenvalue weighted by Gasteiger charge is 2.41. The maximum atomic E-state index is 12.7. The summed E-state index contributed by atoms with van der Waals surface area (Å²) in [5.41, 5.74) is 4.00. The van der Waals surface area contributed by atoms with Crippen molar-refractivity contribution >= 4 is 11.6 Å². The molecule has 0 heterocycles. The van der Waals surface area contributed by atoms with Crippen LogP contribution in [0.15, 0.2) is 12.1 Å². The molecule has 1 saturated carbocycles. The fourth-order valence-electron chi connectivity index (χ4n) is 2.02. The SMILES string of the molecule is NC1(c2cc(Cl)cc(C(F)(F)F)c2O)CCC1. The van der Waals surface area contributed by atoms with E-state index in [-0.39, 0.29) is 10.6 Å². The zero-order valence-electron chi connectivity index (χ0n) is 8.81. The highest BCUT2D eigenvalue weighted by molar-refractivity contribution is 6.30. The van der Waals surface area contributed by atoms with Crippen molar-refractivity contribution in [3.05, 3.63) is 28.3 Å². The number of benzene rings is 1. The third-order valence-electron chi connectivity index (χ3n) is 3.16. The number of alkyl halides is 3. The minimum absolute atomic E-state index is 0.0677. The van der Waals surface area contributed by atoms with Crippen LogP contribution in [-0.2, 0) is 11.7 Å². The Bertz CT molecular complexity index is 455. The number of hydrogen-bond acceptors (Lipinski definition) is 2. The van der Waals surface area contributed by atoms with Gasteiger partial charge in [0, 0.05) is 16.1 Å². The second-order valence-electron chi connectivity index (χ2n) is 4.36. The lowest BCUT2D eigenvalue weighted by atomic mass is 9.72. The number of hydrogen-bond donors (Lipinski definition) is 2. The molecule has 0 unspecified atom stereocenters. The van der Waals surface area contributed by atoms with Gasteiger partial charge in [-0.1, -0.05) is 11.6 Å². The molecule has 1 aromatic rings. The molecule has 6 heteroatoms. The van der Waals surface area contributed by atoms with Gasteiger partial charge in [0.25, 0.3) is 0 Å². The van der Waals surface area contributed by atoms with Crippen molar-refractivity contribution in [1.29, 1.82) is 0 Å². The summed E-state index contributed by atoms with van der Waals surface area (Å²) in [6.07, 6.45) is -2.69. The van der Waals surface area contributed by atoms with Gasteiger partial charge in [-0.2, -0.15) is 13.2 Å². The van der Waals surface area contributed by atoms with Gasteiger partial charge in [0.1, 0.15) is 5.75 Å². The molecule has 0 bridgehead atoms. The van der Waals surface area contributed by atoms with Gasteiger partial charge in [-0.05, 0) is 31.4 Å². The molecule has 0 amide bonds. The monoisotopic (exact) mass is 265 g/mol. The second-order valence-corrected chi connectivity index (χ2v) is 4.79. The maximum absolute atomic E-state index is 12.7. The molecule has 0 atom stereocenters. The van der Waals surface area contributed by atoms with Gasteiger partial charge in [0.15, 0.2) is 0 Å². The van der Waals surface area contributed by atoms with E-state index in [0.717, 1.165) is 6.42 Å². The molecule has 2 rings (SSSR count). The van der Waals surface area contributed by atoms with E-state index in [1.54, 1.807) is 0 Å². The third-order valence-corrected chi connectivity index (χ3v) is 3.38. The summed E-state index contributed by atoms with van der Waals surface area (Å²) in [7, 11) is 0. The summed E-state index contributed by atoms with van der Waals surface area (Å²) in [5, 5.41) is 9.62. The van der Waals surface area contributed by atoms with Crippen LogP contribution < -0.4 is 5.73 Å². The van der Waals surface area contributed by atoms with Crippen molar-refractivity contribution in [3.63, 3.8) is 0 Å². The summed E-state index contributed by atoms with van der Waals surface area (Å²) in [6, 6.07) is 2.02. The van der Waals surface area contributed by atoms with E-state index >= 15 is 0 Å². The Balaban J connectivity index is 2.58. The van der Waals surface area contributed by atoms with E-state index in [1.165, 1.54) is 6.07 Å². The molecule has 3 N–H and O–H groups in total. The van der Waals surface area contributed by atoms with Crippen LogP contribution in [0.25, 0.3) is 0 Å². The molecule has 0 spiro atoms. The molecule has 17 heavy (non-hydrogen) atoms. The van der Waals surface area contributed by atoms with E-state index in [2.05, 4.69) is 0 Å². The van der Waals surface area contributed by atoms with Crippen LogP contribution in [0, 0.1) is 0 Å². The van der Waals surface area contributed by atoms with E-state index in [9.17, 15) is 18.3 Å². The van der Waals surface area contributed by atoms with Gasteiger partial charge in [-0.3, -0.25) is 0 Å². The summed E-state index contributed by atoms with van der Waals surface area (Å²) >= 11 is 5.65. The number of nitrogens with two attached hydrogens (primary N) is 1. The zero-order chi connectivity index (χ0) is 12.8. The van der Waals surface area contributed by atoms with Gasteiger partial charge in [-0.15, -0.1) is 0 Å². The van der Waals surface area contributed by atoms with E-state index in [4.69, 9.17) is 17.3 Å². The molecule has 94 valence electrons. The molecule has 0 saturated heterocycles. The van der Waals surface area contributed by atoms with Crippen molar-refractivity contribution in [2.75, 3.05) is 0 Å². The molecule has 0 aromatic heterocycles. The Kier molecular flexibility index (Phi) is 2.78. The first-order valence-electron chi connectivity index (χ1n) is 5.13. The van der Waals surface area contributed by atoms with Crippen LogP contribution >= 0.6 is 11.6 Å². The van der Waals surface area contributed by atoms with Crippen LogP contribution in [0.2, 0.25) is 5.02 Å². The highest BCUT2D eigenvalue weighted by atomic mass is 35.5. The Morgan fingerprint density at radius 1 is 1.29 bits per heavy atom. The minimum atomic E-state index is -4.64. The fraction of sp³-hybridized carbons (Fsp3) is 0.455. The molecular weight excluding hydrogens is 255 g/mol. The zero-order valence-corrected chi connectivity index (χ0v) is 9.57. The molecule has 2 nitrogen and oxygen atoms in total. The largest absolute Gasteiger partial charge is 0.507 e. The summed E-state index contributed by atoms with van der Waals surface area (Å²) in [6.45, 7) is 0. The van der Waals surface area contributed by atoms with Crippen LogP contribution in [0.3, 0.4) is 0 Å². The van der Waals surface area contributed by atoms with Crippen LogP contribution in [0.1, 0.15) is 30.4 Å². The smallest absolute Gasteiger partial charge is 0.420 e. The number of phenols is 1. The maximum Gasteiger partial charge on any atom is 0.420 e. The first kappa shape index (κ1) is 12.5. The summed E-state index contributed by atoms with van der Waals surface area (Å²) < 4.78 is 38.0. The van der Waals surface area contributed by atoms with Crippen molar-refractivity contribution in [2.24, 2.45) is 5.73 Å². The first-order chi connectivity index (χ1) is 7.74. The summed E-state index contributed by atoms with van der Waals surface area (Å²) in [5.74, 6) is -0.802. The average Bonchev–Trinajstić information content (AvgIpc) is 2.16. The second kappa shape index (κ2) is 3.78. The molecule has 0 radical (unpaired) electrons. The predicted molar refractivity (Wildman–Crippen MR) is 57.8 cm³/mol. The Morgan fingerprint density at radius 2 is 1.88 bits per heavy atom. The fourth-order valence-corrected chi connectivity index (χ4v) is 2.24. The molecule has 1 fully saturated rings. The summed E-state index contributed by atoms with van der Waals surface area (Å²) in [4.78, 5) is 0. The molecular formula is C11H11ClF3NO. The van der Waals surface area contributed by atoms with Gasteiger partial charge in [0.2, 0.25) is 0 Å². The van der Waals surface area contributed by atoms with Crippen LogP contribution in [0.4, 0.5) is 13.2 Å². The topological polar surface area (TPSA) is 46.2 Å². The minimum Gasteiger partial charge on any atom is -0.507 e. The Hall–Kier alpha value is -0.940. The Labute approximate surface area is 101 Å². The van der Waals surface area contributed by atoms with E-state index < -0.39 is 23.0 Å². The third kappa shape index (κ3) is 2.09.